The van der Waals surface area contributed by atoms with Gasteiger partial charge in [-0.1, -0.05) is 12.1 Å². The van der Waals surface area contributed by atoms with Gasteiger partial charge in [-0.25, -0.2) is 4.79 Å². The van der Waals surface area contributed by atoms with Crippen LogP contribution in [0.1, 0.15) is 17.0 Å². The lowest BCUT2D eigenvalue weighted by Gasteiger charge is -2.10. The Hall–Kier alpha value is -3.27. The van der Waals surface area contributed by atoms with E-state index in [1.165, 1.54) is 4.80 Å². The number of benzene rings is 1. The second-order valence-corrected chi connectivity index (χ2v) is 5.76. The molecule has 2 heterocycles. The predicted molar refractivity (Wildman–Crippen MR) is 94.1 cm³/mol. The van der Waals surface area contributed by atoms with Gasteiger partial charge in [0.2, 0.25) is 5.82 Å². The molecule has 10 heteroatoms. The minimum atomic E-state index is -0.319. The first kappa shape index (κ1) is 17.5. The van der Waals surface area contributed by atoms with Gasteiger partial charge in [0.1, 0.15) is 0 Å². The molecule has 10 nitrogen and oxygen atoms in total. The summed E-state index contributed by atoms with van der Waals surface area (Å²) in [5.74, 6) is 0.499. The Labute approximate surface area is 149 Å². The molecule has 0 saturated carbocycles. The van der Waals surface area contributed by atoms with Crippen LogP contribution in [0.5, 0.6) is 0 Å². The van der Waals surface area contributed by atoms with Gasteiger partial charge in [-0.3, -0.25) is 5.10 Å². The minimum Gasteiger partial charge on any atom is -0.378 e. The van der Waals surface area contributed by atoms with Gasteiger partial charge < -0.3 is 15.4 Å². The van der Waals surface area contributed by atoms with Gasteiger partial charge in [0.15, 0.2) is 0 Å². The van der Waals surface area contributed by atoms with E-state index in [4.69, 9.17) is 4.74 Å². The highest BCUT2D eigenvalue weighted by atomic mass is 16.5. The van der Waals surface area contributed by atoms with E-state index in [-0.39, 0.29) is 6.03 Å². The number of hydrogen-bond donors (Lipinski definition) is 3. The van der Waals surface area contributed by atoms with Crippen LogP contribution in [-0.4, -0.2) is 43.5 Å². The molecule has 0 aliphatic rings. The highest BCUT2D eigenvalue weighted by Crippen LogP contribution is 2.22. The number of carbonyl (C=O) groups is 1. The molecule has 2 aromatic heterocycles. The van der Waals surface area contributed by atoms with Gasteiger partial charge in [0, 0.05) is 18.4 Å². The normalized spacial score (nSPS) is 10.7. The van der Waals surface area contributed by atoms with Crippen molar-refractivity contribution in [2.75, 3.05) is 12.4 Å². The number of aryl methyl sites for hydroxylation is 2. The Morgan fingerprint density at radius 1 is 1.35 bits per heavy atom. The number of nitrogens with zero attached hydrogens (tertiary/aromatic N) is 5. The molecule has 3 rings (SSSR count). The number of anilines is 1. The fourth-order valence-corrected chi connectivity index (χ4v) is 2.36. The molecular formula is C16H20N8O2. The quantitative estimate of drug-likeness (QED) is 0.613. The van der Waals surface area contributed by atoms with Crippen LogP contribution in [0.4, 0.5) is 10.5 Å². The molecule has 3 N–H and O–H groups in total. The third-order valence-corrected chi connectivity index (χ3v) is 3.67. The third kappa shape index (κ3) is 4.22. The Morgan fingerprint density at radius 3 is 2.92 bits per heavy atom. The monoisotopic (exact) mass is 356 g/mol. The predicted octanol–water partition coefficient (Wildman–Crippen LogP) is 1.38. The first-order chi connectivity index (χ1) is 12.5. The van der Waals surface area contributed by atoms with Gasteiger partial charge in [-0.15, -0.1) is 10.2 Å². The van der Waals surface area contributed by atoms with Crippen molar-refractivity contribution in [3.8, 4) is 11.4 Å². The zero-order valence-corrected chi connectivity index (χ0v) is 14.8. The second-order valence-electron chi connectivity index (χ2n) is 5.76. The summed E-state index contributed by atoms with van der Waals surface area (Å²) in [5.41, 5.74) is 3.96. The number of rotatable bonds is 6. The first-order valence-electron chi connectivity index (χ1n) is 7.97. The number of H-pyrrole nitrogens is 1. The van der Waals surface area contributed by atoms with Crippen LogP contribution in [0.2, 0.25) is 0 Å². The molecule has 1 aromatic carbocycles. The molecule has 0 radical (unpaired) electrons. The number of aromatic nitrogens is 6. The van der Waals surface area contributed by atoms with Gasteiger partial charge in [0.05, 0.1) is 31.6 Å². The number of nitrogens with one attached hydrogen (secondary N) is 3. The number of hydrogen-bond acceptors (Lipinski definition) is 6. The topological polar surface area (TPSA) is 123 Å². The van der Waals surface area contributed by atoms with Gasteiger partial charge in [0.25, 0.3) is 0 Å². The summed E-state index contributed by atoms with van der Waals surface area (Å²) < 4.78 is 5.01. The molecule has 2 amide bonds. The summed E-state index contributed by atoms with van der Waals surface area (Å²) in [7, 11) is 3.30. The van der Waals surface area contributed by atoms with Crippen LogP contribution in [0.3, 0.4) is 0 Å². The molecule has 136 valence electrons. The number of ether oxygens (including phenoxy) is 1. The van der Waals surface area contributed by atoms with Crippen molar-refractivity contribution >= 4 is 11.7 Å². The molecule has 0 aliphatic carbocycles. The maximum atomic E-state index is 12.2. The fraction of sp³-hybridized carbons (Fsp3) is 0.312. The number of aromatic amines is 1. The lowest BCUT2D eigenvalue weighted by atomic mass is 10.1. The van der Waals surface area contributed by atoms with Crippen molar-refractivity contribution in [3.05, 3.63) is 41.2 Å². The largest absolute Gasteiger partial charge is 0.378 e. The molecular weight excluding hydrogens is 336 g/mol. The summed E-state index contributed by atoms with van der Waals surface area (Å²) in [6.07, 6.45) is 0. The van der Waals surface area contributed by atoms with Crippen LogP contribution < -0.4 is 10.6 Å². The molecule has 0 spiro atoms. The molecule has 0 atom stereocenters. The Kier molecular flexibility index (Phi) is 5.23. The van der Waals surface area contributed by atoms with E-state index >= 15 is 0 Å². The molecule has 0 fully saturated rings. The lowest BCUT2D eigenvalue weighted by Crippen LogP contribution is -2.28. The Morgan fingerprint density at radius 2 is 2.19 bits per heavy atom. The van der Waals surface area contributed by atoms with Crippen LogP contribution in [0.15, 0.2) is 24.3 Å². The van der Waals surface area contributed by atoms with Crippen LogP contribution >= 0.6 is 0 Å². The van der Waals surface area contributed by atoms with Gasteiger partial charge in [-0.05, 0) is 29.8 Å². The SMILES string of the molecule is COCc1cc(CNC(=O)Nc2cc(-c3nnn(C)n3)ccc2C)[nH]n1. The van der Waals surface area contributed by atoms with E-state index in [2.05, 4.69) is 36.2 Å². The van der Waals surface area contributed by atoms with Crippen molar-refractivity contribution in [1.29, 1.82) is 0 Å². The highest BCUT2D eigenvalue weighted by Gasteiger charge is 2.10. The molecule has 3 aromatic rings. The van der Waals surface area contributed by atoms with E-state index in [1.54, 1.807) is 14.2 Å². The van der Waals surface area contributed by atoms with E-state index in [1.807, 2.05) is 31.2 Å². The van der Waals surface area contributed by atoms with E-state index in [9.17, 15) is 4.79 Å². The van der Waals surface area contributed by atoms with Gasteiger partial charge >= 0.3 is 6.03 Å². The number of urea groups is 1. The summed E-state index contributed by atoms with van der Waals surface area (Å²) in [6, 6.07) is 7.12. The summed E-state index contributed by atoms with van der Waals surface area (Å²) in [5, 5.41) is 24.5. The summed E-state index contributed by atoms with van der Waals surface area (Å²) in [6.45, 7) is 2.66. The van der Waals surface area contributed by atoms with Crippen molar-refractivity contribution in [3.63, 3.8) is 0 Å². The summed E-state index contributed by atoms with van der Waals surface area (Å²) in [4.78, 5) is 13.6. The molecule has 26 heavy (non-hydrogen) atoms. The highest BCUT2D eigenvalue weighted by molar-refractivity contribution is 5.90. The van der Waals surface area contributed by atoms with Crippen molar-refractivity contribution in [1.82, 2.24) is 35.7 Å². The van der Waals surface area contributed by atoms with Crippen LogP contribution in [0.25, 0.3) is 11.4 Å². The molecule has 0 bridgehead atoms. The third-order valence-electron chi connectivity index (χ3n) is 3.67. The second kappa shape index (κ2) is 7.74. The lowest BCUT2D eigenvalue weighted by molar-refractivity contribution is 0.181. The zero-order valence-electron chi connectivity index (χ0n) is 14.8. The Bertz CT molecular complexity index is 901. The standard InChI is InChI=1S/C16H20N8O2/c1-10-4-5-11(15-21-23-24(2)22-15)6-14(10)18-16(25)17-8-12-7-13(9-26-3)20-19-12/h4-7H,8-9H2,1-3H3,(H,19,20)(H2,17,18,25). The van der Waals surface area contributed by atoms with Crippen LogP contribution in [-0.2, 0) is 24.9 Å². The average Bonchev–Trinajstić information content (AvgIpc) is 3.24. The van der Waals surface area contributed by atoms with E-state index < -0.39 is 0 Å². The van der Waals surface area contributed by atoms with E-state index in [0.29, 0.717) is 24.7 Å². The smallest absolute Gasteiger partial charge is 0.319 e. The van der Waals surface area contributed by atoms with Crippen LogP contribution in [0, 0.1) is 6.92 Å². The maximum Gasteiger partial charge on any atom is 0.319 e. The van der Waals surface area contributed by atoms with Crippen molar-refractivity contribution in [2.24, 2.45) is 7.05 Å². The maximum absolute atomic E-state index is 12.2. The van der Waals surface area contributed by atoms with E-state index in [0.717, 1.165) is 22.5 Å². The number of methoxy groups -OCH3 is 1. The first-order valence-corrected chi connectivity index (χ1v) is 7.97. The number of amides is 2. The number of tetrazole rings is 1. The number of carbonyl (C=O) groups excluding carboxylic acids is 1. The van der Waals surface area contributed by atoms with Gasteiger partial charge in [-0.2, -0.15) is 9.90 Å². The molecule has 0 unspecified atom stereocenters. The molecule has 0 saturated heterocycles. The fourth-order valence-electron chi connectivity index (χ4n) is 2.36. The minimum absolute atomic E-state index is 0.319. The van der Waals surface area contributed by atoms with Crippen molar-refractivity contribution < 1.29 is 9.53 Å². The Balaban J connectivity index is 1.63. The summed E-state index contributed by atoms with van der Waals surface area (Å²) >= 11 is 0. The van der Waals surface area contributed by atoms with Crippen molar-refractivity contribution in [2.45, 2.75) is 20.1 Å². The zero-order chi connectivity index (χ0) is 18.5. The average molecular weight is 356 g/mol. The molecule has 0 aliphatic heterocycles.